The summed E-state index contributed by atoms with van der Waals surface area (Å²) >= 11 is 0. The molecule has 1 atom stereocenters. The van der Waals surface area contributed by atoms with Gasteiger partial charge in [-0.2, -0.15) is 0 Å². The Balaban J connectivity index is 1.43. The topological polar surface area (TPSA) is 80.9 Å². The number of aromatic amines is 2. The summed E-state index contributed by atoms with van der Waals surface area (Å²) in [5.74, 6) is 0. The predicted octanol–water partition coefficient (Wildman–Crippen LogP) is 6.64. The highest BCUT2D eigenvalue weighted by Gasteiger charge is 2.19. The number of rotatable bonds is 7. The van der Waals surface area contributed by atoms with Gasteiger partial charge in [-0.1, -0.05) is 91.0 Å². The molecule has 0 saturated carbocycles. The number of benzene rings is 4. The minimum atomic E-state index is -0.841. The zero-order valence-electron chi connectivity index (χ0n) is 20.7. The van der Waals surface area contributed by atoms with Gasteiger partial charge in [0.2, 0.25) is 0 Å². The second kappa shape index (κ2) is 10.3. The molecule has 0 amide bonds. The van der Waals surface area contributed by atoms with Gasteiger partial charge < -0.3 is 15.1 Å². The number of H-pyrrole nitrogens is 2. The van der Waals surface area contributed by atoms with Crippen LogP contribution in [-0.4, -0.2) is 15.1 Å². The van der Waals surface area contributed by atoms with Gasteiger partial charge in [-0.05, 0) is 52.1 Å². The SMILES string of the molecule is O=c1[nH]cccc1-c1[nH]c2ccc(C(O)NCc3ccccc3)cc2c1-c1ccc(-c2ccccc2)cc1. The quantitative estimate of drug-likeness (QED) is 0.187. The second-order valence-corrected chi connectivity index (χ2v) is 9.31. The van der Waals surface area contributed by atoms with Crippen LogP contribution in [0.5, 0.6) is 0 Å². The van der Waals surface area contributed by atoms with Crippen LogP contribution in [0.4, 0.5) is 0 Å². The van der Waals surface area contributed by atoms with Crippen molar-refractivity contribution in [2.75, 3.05) is 0 Å². The average molecular weight is 498 g/mol. The summed E-state index contributed by atoms with van der Waals surface area (Å²) < 4.78 is 0. The van der Waals surface area contributed by atoms with E-state index < -0.39 is 6.23 Å². The summed E-state index contributed by atoms with van der Waals surface area (Å²) in [6.45, 7) is 0.547. The molecule has 2 aromatic heterocycles. The number of nitrogens with one attached hydrogen (secondary N) is 3. The molecular formula is C33H27N3O2. The Hall–Kier alpha value is -4.71. The van der Waals surface area contributed by atoms with E-state index in [1.54, 1.807) is 6.20 Å². The van der Waals surface area contributed by atoms with Gasteiger partial charge in [0.05, 0.1) is 11.3 Å². The lowest BCUT2D eigenvalue weighted by molar-refractivity contribution is 0.137. The molecular weight excluding hydrogens is 470 g/mol. The minimum absolute atomic E-state index is 0.161. The molecule has 4 aromatic carbocycles. The van der Waals surface area contributed by atoms with E-state index >= 15 is 0 Å². The maximum atomic E-state index is 12.8. The Morgan fingerprint density at radius 3 is 2.16 bits per heavy atom. The molecule has 6 aromatic rings. The zero-order chi connectivity index (χ0) is 25.9. The van der Waals surface area contributed by atoms with Crippen molar-refractivity contribution in [2.24, 2.45) is 0 Å². The molecule has 0 radical (unpaired) electrons. The summed E-state index contributed by atoms with van der Waals surface area (Å²) in [4.78, 5) is 19.0. The number of hydrogen-bond acceptors (Lipinski definition) is 3. The van der Waals surface area contributed by atoms with E-state index in [0.717, 1.165) is 50.0 Å². The maximum Gasteiger partial charge on any atom is 0.257 e. The fourth-order valence-corrected chi connectivity index (χ4v) is 4.89. The average Bonchev–Trinajstić information content (AvgIpc) is 3.36. The first-order valence-corrected chi connectivity index (χ1v) is 12.6. The third kappa shape index (κ3) is 4.68. The first-order chi connectivity index (χ1) is 18.7. The molecule has 0 aliphatic carbocycles. The highest BCUT2D eigenvalue weighted by Crippen LogP contribution is 2.39. The maximum absolute atomic E-state index is 12.8. The molecule has 4 N–H and O–H groups in total. The molecule has 0 aliphatic rings. The van der Waals surface area contributed by atoms with Crippen molar-refractivity contribution in [1.29, 1.82) is 0 Å². The van der Waals surface area contributed by atoms with Crippen molar-refractivity contribution in [2.45, 2.75) is 12.8 Å². The molecule has 5 heteroatoms. The Bertz CT molecular complexity index is 1740. The number of aliphatic hydroxyl groups excluding tert-OH is 1. The van der Waals surface area contributed by atoms with Crippen LogP contribution in [0, 0.1) is 0 Å². The second-order valence-electron chi connectivity index (χ2n) is 9.31. The third-order valence-electron chi connectivity index (χ3n) is 6.85. The molecule has 0 fully saturated rings. The number of fused-ring (bicyclic) bond motifs is 1. The molecule has 0 bridgehead atoms. The van der Waals surface area contributed by atoms with Gasteiger partial charge in [0.15, 0.2) is 0 Å². The van der Waals surface area contributed by atoms with Crippen molar-refractivity contribution in [3.05, 3.63) is 143 Å². The third-order valence-corrected chi connectivity index (χ3v) is 6.85. The van der Waals surface area contributed by atoms with Crippen LogP contribution >= 0.6 is 0 Å². The molecule has 2 heterocycles. The van der Waals surface area contributed by atoms with Crippen LogP contribution in [0.3, 0.4) is 0 Å². The van der Waals surface area contributed by atoms with E-state index in [1.165, 1.54) is 0 Å². The summed E-state index contributed by atoms with van der Waals surface area (Å²) in [6.07, 6.45) is 0.793. The summed E-state index contributed by atoms with van der Waals surface area (Å²) in [5.41, 5.74) is 8.07. The van der Waals surface area contributed by atoms with Gasteiger partial charge in [-0.15, -0.1) is 0 Å². The van der Waals surface area contributed by atoms with E-state index in [2.05, 4.69) is 51.7 Å². The van der Waals surface area contributed by atoms with Crippen molar-refractivity contribution in [1.82, 2.24) is 15.3 Å². The first kappa shape index (κ1) is 23.7. The van der Waals surface area contributed by atoms with Crippen LogP contribution in [0.25, 0.3) is 44.4 Å². The van der Waals surface area contributed by atoms with Gasteiger partial charge in [-0.25, -0.2) is 0 Å². The van der Waals surface area contributed by atoms with Gasteiger partial charge in [-0.3, -0.25) is 10.1 Å². The number of aromatic nitrogens is 2. The van der Waals surface area contributed by atoms with E-state index in [0.29, 0.717) is 12.1 Å². The Labute approximate surface area is 220 Å². The monoisotopic (exact) mass is 497 g/mol. The Morgan fingerprint density at radius 2 is 1.42 bits per heavy atom. The molecule has 38 heavy (non-hydrogen) atoms. The number of aliphatic hydroxyl groups is 1. The fraction of sp³-hybridized carbons (Fsp3) is 0.0606. The molecule has 186 valence electrons. The largest absolute Gasteiger partial charge is 0.374 e. The summed E-state index contributed by atoms with van der Waals surface area (Å²) in [6, 6.07) is 38.1. The highest BCUT2D eigenvalue weighted by atomic mass is 16.3. The summed E-state index contributed by atoms with van der Waals surface area (Å²) in [5, 5.41) is 15.1. The molecule has 1 unspecified atom stereocenters. The van der Waals surface area contributed by atoms with E-state index in [-0.39, 0.29) is 5.56 Å². The lowest BCUT2D eigenvalue weighted by Crippen LogP contribution is -2.20. The predicted molar refractivity (Wildman–Crippen MR) is 153 cm³/mol. The smallest absolute Gasteiger partial charge is 0.257 e. The summed E-state index contributed by atoms with van der Waals surface area (Å²) in [7, 11) is 0. The molecule has 0 saturated heterocycles. The molecule has 0 aliphatic heterocycles. The van der Waals surface area contributed by atoms with Crippen LogP contribution in [0.1, 0.15) is 17.4 Å². The van der Waals surface area contributed by atoms with Crippen LogP contribution in [-0.2, 0) is 6.54 Å². The van der Waals surface area contributed by atoms with Gasteiger partial charge in [0.1, 0.15) is 6.23 Å². The molecule has 6 rings (SSSR count). The van der Waals surface area contributed by atoms with Gasteiger partial charge >= 0.3 is 0 Å². The fourth-order valence-electron chi connectivity index (χ4n) is 4.89. The van der Waals surface area contributed by atoms with Gasteiger partial charge in [0.25, 0.3) is 5.56 Å². The lowest BCUT2D eigenvalue weighted by Gasteiger charge is -2.14. The van der Waals surface area contributed by atoms with Gasteiger partial charge in [0, 0.05) is 29.2 Å². The highest BCUT2D eigenvalue weighted by molar-refractivity contribution is 6.04. The van der Waals surface area contributed by atoms with Crippen molar-refractivity contribution >= 4 is 10.9 Å². The first-order valence-electron chi connectivity index (χ1n) is 12.6. The Morgan fingerprint density at radius 1 is 0.737 bits per heavy atom. The minimum Gasteiger partial charge on any atom is -0.374 e. The zero-order valence-corrected chi connectivity index (χ0v) is 20.7. The van der Waals surface area contributed by atoms with Crippen LogP contribution < -0.4 is 10.9 Å². The number of hydrogen-bond donors (Lipinski definition) is 4. The van der Waals surface area contributed by atoms with Crippen molar-refractivity contribution in [3.63, 3.8) is 0 Å². The lowest BCUT2D eigenvalue weighted by atomic mass is 9.95. The van der Waals surface area contributed by atoms with E-state index in [1.807, 2.05) is 78.9 Å². The van der Waals surface area contributed by atoms with Crippen molar-refractivity contribution < 1.29 is 5.11 Å². The van der Waals surface area contributed by atoms with Crippen molar-refractivity contribution in [3.8, 4) is 33.5 Å². The normalized spacial score (nSPS) is 12.0. The molecule has 5 nitrogen and oxygen atoms in total. The van der Waals surface area contributed by atoms with E-state index in [4.69, 9.17) is 0 Å². The van der Waals surface area contributed by atoms with Crippen LogP contribution in [0.15, 0.2) is 126 Å². The Kier molecular flexibility index (Phi) is 6.44. The molecule has 0 spiro atoms. The number of pyridine rings is 1. The van der Waals surface area contributed by atoms with Crippen LogP contribution in [0.2, 0.25) is 0 Å². The standard InChI is InChI=1S/C33H27N3O2/c37-32(35-21-22-8-3-1-4-9-22)26-17-18-29-28(20-26)30(31(36-29)27-12-7-19-34-33(27)38)25-15-13-24(14-16-25)23-10-5-2-6-11-23/h1-20,32,35-37H,21H2,(H,34,38). The van der Waals surface area contributed by atoms with E-state index in [9.17, 15) is 9.90 Å².